The Kier molecular flexibility index (Phi) is 3.17. The number of anilines is 2. The van der Waals surface area contributed by atoms with Gasteiger partial charge in [0.2, 0.25) is 10.3 Å². The van der Waals surface area contributed by atoms with Gasteiger partial charge in [0.05, 0.1) is 5.69 Å². The third-order valence-corrected chi connectivity index (χ3v) is 4.46. The zero-order valence-electron chi connectivity index (χ0n) is 11.5. The molecule has 7 nitrogen and oxygen atoms in total. The molecular weight excluding hydrogens is 276 g/mol. The second-order valence-electron chi connectivity index (χ2n) is 4.86. The highest BCUT2D eigenvalue weighted by Gasteiger charge is 2.21. The van der Waals surface area contributed by atoms with Crippen molar-refractivity contribution in [1.29, 1.82) is 0 Å². The Morgan fingerprint density at radius 1 is 1.25 bits per heavy atom. The number of aromatic nitrogens is 4. The lowest BCUT2D eigenvalue weighted by atomic mass is 10.1. The maximum Gasteiger partial charge on any atom is 0.256 e. The molecular formula is C12H16N6OS. The molecule has 0 radical (unpaired) electrons. The van der Waals surface area contributed by atoms with Crippen molar-refractivity contribution in [2.45, 2.75) is 19.8 Å². The van der Waals surface area contributed by atoms with E-state index < -0.39 is 0 Å². The molecule has 0 spiro atoms. The van der Waals surface area contributed by atoms with E-state index in [0.29, 0.717) is 11.6 Å². The standard InChI is InChI=1S/C12H16N6OS/c1-7-14-9-4-6-18(12-16-15-11(13)20-12)5-3-8(9)10(19)17(7)2/h3-6H2,1-2H3,(H2,13,15). The fourth-order valence-electron chi connectivity index (χ4n) is 2.41. The van der Waals surface area contributed by atoms with Crippen LogP contribution in [0.15, 0.2) is 4.79 Å². The highest BCUT2D eigenvalue weighted by atomic mass is 32.1. The van der Waals surface area contributed by atoms with E-state index in [4.69, 9.17) is 5.73 Å². The summed E-state index contributed by atoms with van der Waals surface area (Å²) in [5.41, 5.74) is 7.41. The van der Waals surface area contributed by atoms with Gasteiger partial charge in [-0.3, -0.25) is 9.36 Å². The largest absolute Gasteiger partial charge is 0.374 e. The summed E-state index contributed by atoms with van der Waals surface area (Å²) >= 11 is 1.37. The summed E-state index contributed by atoms with van der Waals surface area (Å²) in [5, 5.41) is 9.18. The summed E-state index contributed by atoms with van der Waals surface area (Å²) in [6.45, 7) is 3.37. The van der Waals surface area contributed by atoms with Crippen LogP contribution >= 0.6 is 11.3 Å². The predicted octanol–water partition coefficient (Wildman–Crippen LogP) is 0.128. The van der Waals surface area contributed by atoms with Crippen LogP contribution in [0.5, 0.6) is 0 Å². The van der Waals surface area contributed by atoms with Crippen molar-refractivity contribution in [3.63, 3.8) is 0 Å². The van der Waals surface area contributed by atoms with Crippen LogP contribution in [0, 0.1) is 6.92 Å². The maximum atomic E-state index is 12.3. The van der Waals surface area contributed by atoms with Gasteiger partial charge in [-0.25, -0.2) is 4.98 Å². The molecule has 20 heavy (non-hydrogen) atoms. The van der Waals surface area contributed by atoms with Gasteiger partial charge in [0.1, 0.15) is 5.82 Å². The second kappa shape index (κ2) is 4.86. The van der Waals surface area contributed by atoms with Gasteiger partial charge in [-0.05, 0) is 13.3 Å². The number of hydrogen-bond acceptors (Lipinski definition) is 7. The Hall–Kier alpha value is -1.96. The molecule has 0 amide bonds. The fourth-order valence-corrected chi connectivity index (χ4v) is 3.08. The van der Waals surface area contributed by atoms with Crippen molar-refractivity contribution >= 4 is 21.6 Å². The van der Waals surface area contributed by atoms with E-state index in [-0.39, 0.29) is 5.56 Å². The molecule has 0 bridgehead atoms. The average Bonchev–Trinajstić information content (AvgIpc) is 2.73. The van der Waals surface area contributed by atoms with Crippen LogP contribution < -0.4 is 16.2 Å². The summed E-state index contributed by atoms with van der Waals surface area (Å²) < 4.78 is 1.61. The van der Waals surface area contributed by atoms with Gasteiger partial charge in [0.15, 0.2) is 0 Å². The van der Waals surface area contributed by atoms with Crippen LogP contribution in [-0.4, -0.2) is 32.8 Å². The SMILES string of the molecule is Cc1nc2c(c(=O)n1C)CCN(c1nnc(N)s1)CC2. The number of rotatable bonds is 1. The number of fused-ring (bicyclic) bond motifs is 1. The lowest BCUT2D eigenvalue weighted by Gasteiger charge is -2.17. The van der Waals surface area contributed by atoms with E-state index >= 15 is 0 Å². The summed E-state index contributed by atoms with van der Waals surface area (Å²) in [5.74, 6) is 0.752. The summed E-state index contributed by atoms with van der Waals surface area (Å²) in [7, 11) is 1.76. The Bertz CT molecular complexity index is 706. The fraction of sp³-hybridized carbons (Fsp3) is 0.500. The van der Waals surface area contributed by atoms with E-state index in [1.807, 2.05) is 6.92 Å². The van der Waals surface area contributed by atoms with Crippen molar-refractivity contribution in [1.82, 2.24) is 19.7 Å². The molecule has 0 saturated heterocycles. The number of nitrogen functional groups attached to an aromatic ring is 1. The normalized spacial score (nSPS) is 15.0. The van der Waals surface area contributed by atoms with E-state index in [2.05, 4.69) is 20.1 Å². The lowest BCUT2D eigenvalue weighted by Crippen LogP contribution is -2.28. The van der Waals surface area contributed by atoms with Gasteiger partial charge in [-0.1, -0.05) is 11.3 Å². The van der Waals surface area contributed by atoms with Crippen LogP contribution in [0.1, 0.15) is 17.1 Å². The number of hydrogen-bond donors (Lipinski definition) is 1. The minimum Gasteiger partial charge on any atom is -0.374 e. The van der Waals surface area contributed by atoms with Crippen LogP contribution in [0.2, 0.25) is 0 Å². The van der Waals surface area contributed by atoms with E-state index in [1.54, 1.807) is 11.6 Å². The van der Waals surface area contributed by atoms with Crippen LogP contribution in [0.3, 0.4) is 0 Å². The average molecular weight is 292 g/mol. The smallest absolute Gasteiger partial charge is 0.256 e. The summed E-state index contributed by atoms with van der Waals surface area (Å²) in [6.07, 6.45) is 1.42. The Balaban J connectivity index is 1.92. The maximum absolute atomic E-state index is 12.3. The lowest BCUT2D eigenvalue weighted by molar-refractivity contribution is 0.736. The van der Waals surface area contributed by atoms with Crippen molar-refractivity contribution < 1.29 is 0 Å². The van der Waals surface area contributed by atoms with Gasteiger partial charge in [-0.2, -0.15) is 0 Å². The highest BCUT2D eigenvalue weighted by molar-refractivity contribution is 7.18. The zero-order chi connectivity index (χ0) is 14.3. The first kappa shape index (κ1) is 13.0. The molecule has 0 atom stereocenters. The molecule has 0 aromatic carbocycles. The first-order valence-electron chi connectivity index (χ1n) is 6.45. The quantitative estimate of drug-likeness (QED) is 0.803. The zero-order valence-corrected chi connectivity index (χ0v) is 12.3. The first-order valence-corrected chi connectivity index (χ1v) is 7.27. The second-order valence-corrected chi connectivity index (χ2v) is 5.85. The minimum atomic E-state index is 0.0612. The summed E-state index contributed by atoms with van der Waals surface area (Å²) in [4.78, 5) is 19.0. The molecule has 0 fully saturated rings. The molecule has 2 N–H and O–H groups in total. The Morgan fingerprint density at radius 2 is 2.00 bits per heavy atom. The molecule has 3 rings (SSSR count). The highest BCUT2D eigenvalue weighted by Crippen LogP contribution is 2.23. The van der Waals surface area contributed by atoms with Gasteiger partial charge < -0.3 is 10.6 Å². The Labute approximate surface area is 120 Å². The molecule has 0 aliphatic carbocycles. The number of nitrogens with zero attached hydrogens (tertiary/aromatic N) is 5. The number of nitrogens with two attached hydrogens (primary N) is 1. The molecule has 1 aliphatic rings. The molecule has 8 heteroatoms. The van der Waals surface area contributed by atoms with Crippen molar-refractivity contribution in [3.8, 4) is 0 Å². The van der Waals surface area contributed by atoms with Gasteiger partial charge >= 0.3 is 0 Å². The van der Waals surface area contributed by atoms with E-state index in [9.17, 15) is 4.79 Å². The van der Waals surface area contributed by atoms with Crippen molar-refractivity contribution in [3.05, 3.63) is 27.4 Å². The summed E-state index contributed by atoms with van der Waals surface area (Å²) in [6, 6.07) is 0. The topological polar surface area (TPSA) is 89.9 Å². The molecule has 2 aromatic heterocycles. The van der Waals surface area contributed by atoms with Crippen LogP contribution in [-0.2, 0) is 19.9 Å². The molecule has 106 valence electrons. The van der Waals surface area contributed by atoms with Gasteiger partial charge in [-0.15, -0.1) is 10.2 Å². The first-order chi connectivity index (χ1) is 9.56. The molecule has 3 heterocycles. The minimum absolute atomic E-state index is 0.0612. The van der Waals surface area contributed by atoms with Crippen molar-refractivity contribution in [2.24, 2.45) is 7.05 Å². The van der Waals surface area contributed by atoms with Crippen LogP contribution in [0.4, 0.5) is 10.3 Å². The molecule has 1 aliphatic heterocycles. The molecule has 2 aromatic rings. The van der Waals surface area contributed by atoms with E-state index in [1.165, 1.54) is 11.3 Å². The third-order valence-electron chi connectivity index (χ3n) is 3.64. The molecule has 0 saturated carbocycles. The third kappa shape index (κ3) is 2.15. The molecule has 0 unspecified atom stereocenters. The van der Waals surface area contributed by atoms with Crippen molar-refractivity contribution in [2.75, 3.05) is 23.7 Å². The van der Waals surface area contributed by atoms with E-state index in [0.717, 1.165) is 41.7 Å². The Morgan fingerprint density at radius 3 is 2.70 bits per heavy atom. The van der Waals surface area contributed by atoms with Gasteiger partial charge in [0.25, 0.3) is 5.56 Å². The van der Waals surface area contributed by atoms with Crippen LogP contribution in [0.25, 0.3) is 0 Å². The van der Waals surface area contributed by atoms with Gasteiger partial charge in [0, 0.05) is 32.1 Å². The number of aryl methyl sites for hydroxylation is 1. The predicted molar refractivity (Wildman–Crippen MR) is 78.2 cm³/mol. The monoisotopic (exact) mass is 292 g/mol.